The van der Waals surface area contributed by atoms with Gasteiger partial charge in [-0.05, 0) is 47.9 Å². The van der Waals surface area contributed by atoms with E-state index >= 15 is 0 Å². The lowest BCUT2D eigenvalue weighted by atomic mass is 10.1. The average Bonchev–Trinajstić information content (AvgIpc) is 0.846. The van der Waals surface area contributed by atoms with Gasteiger partial charge in [-0.3, -0.25) is 57.3 Å². The molecule has 8 aromatic rings. The first kappa shape index (κ1) is 73.6. The third-order valence-corrected chi connectivity index (χ3v) is 19.9. The van der Waals surface area contributed by atoms with Crippen LogP contribution >= 0.6 is 0 Å². The molecule has 2 N–H and O–H groups in total. The van der Waals surface area contributed by atoms with Crippen LogP contribution in [-0.4, -0.2) is 203 Å². The lowest BCUT2D eigenvalue weighted by molar-refractivity contribution is -0.133. The van der Waals surface area contributed by atoms with Crippen molar-refractivity contribution in [3.8, 4) is 23.0 Å². The summed E-state index contributed by atoms with van der Waals surface area (Å²) in [6.45, 7) is 6.29. The van der Waals surface area contributed by atoms with E-state index in [0.717, 1.165) is 35.1 Å². The number of hydrogen-bond acceptors (Lipinski definition) is 22. The Bertz CT molecular complexity index is 4650. The summed E-state index contributed by atoms with van der Waals surface area (Å²) in [4.78, 5) is 136. The molecule has 6 amide bonds. The number of ether oxygens (including phenoxy) is 10. The summed E-state index contributed by atoms with van der Waals surface area (Å²) in [5.74, 6) is -1.65. The van der Waals surface area contributed by atoms with Crippen LogP contribution in [0.1, 0.15) is 89.9 Å². The summed E-state index contributed by atoms with van der Waals surface area (Å²) in [7, 11) is 0. The minimum absolute atomic E-state index is 0.0490. The van der Waals surface area contributed by atoms with E-state index in [4.69, 9.17) is 47.4 Å². The average molecular weight is 1510 g/mol. The number of rotatable bonds is 14. The molecule has 6 saturated heterocycles. The van der Waals surface area contributed by atoms with E-state index in [1.165, 1.54) is 56.0 Å². The second-order valence-electron chi connectivity index (χ2n) is 26.9. The molecule has 572 valence electrons. The SMILES string of the molecule is O=C1c2c(OCc3ccccc3)c(=O)ccn2N(C(=O)[C@H]2CCCO2)[C@@H]2COCCN12.O=C1c2c(OCc3ccccc3)c(=O)ccn2N(C(=O)[C@H]2CCCO2)[C@H]2COCCN12.O=C1c2c(OCc3ccccc3)c(=O)ccn2NC2COCCN12.O=C1c2c(OCc3ccccc3)c(=O)ccn2N[C@@H]2COCCN12. The molecule has 10 aliphatic heterocycles. The zero-order valence-corrected chi connectivity index (χ0v) is 59.8. The van der Waals surface area contributed by atoms with E-state index in [2.05, 4.69) is 10.9 Å². The Hall–Kier alpha value is -11.9. The molecule has 0 radical (unpaired) electrons. The maximum Gasteiger partial charge on any atom is 0.278 e. The highest BCUT2D eigenvalue weighted by Crippen LogP contribution is 2.33. The largest absolute Gasteiger partial charge is 0.482 e. The molecule has 4 aromatic heterocycles. The van der Waals surface area contributed by atoms with Gasteiger partial charge in [0.05, 0.1) is 52.9 Å². The predicted molar refractivity (Wildman–Crippen MR) is 392 cm³/mol. The van der Waals surface area contributed by atoms with E-state index in [1.807, 2.05) is 121 Å². The van der Waals surface area contributed by atoms with Crippen molar-refractivity contribution < 1.29 is 76.1 Å². The number of nitrogens with one attached hydrogen (secondary N) is 2. The van der Waals surface area contributed by atoms with Crippen LogP contribution in [0.5, 0.6) is 23.0 Å². The van der Waals surface area contributed by atoms with Gasteiger partial charge in [-0.1, -0.05) is 121 Å². The fourth-order valence-corrected chi connectivity index (χ4v) is 14.4. The highest BCUT2D eigenvalue weighted by atomic mass is 16.5. The van der Waals surface area contributed by atoms with Crippen molar-refractivity contribution in [2.75, 3.05) is 113 Å². The van der Waals surface area contributed by atoms with Crippen molar-refractivity contribution in [2.24, 2.45) is 0 Å². The minimum atomic E-state index is -0.602. The fraction of sp³-hybridized carbons (Fsp3) is 0.359. The van der Waals surface area contributed by atoms with Crippen LogP contribution in [0, 0.1) is 0 Å². The maximum atomic E-state index is 13.4. The molecule has 0 spiro atoms. The predicted octanol–water partition coefficient (Wildman–Crippen LogP) is 3.33. The van der Waals surface area contributed by atoms with Crippen LogP contribution in [-0.2, 0) is 64.4 Å². The molecule has 10 aliphatic rings. The number of morpholine rings is 4. The molecule has 6 atom stereocenters. The van der Waals surface area contributed by atoms with E-state index < -0.39 is 35.4 Å². The Balaban J connectivity index is 0.000000117. The molecule has 14 heterocycles. The van der Waals surface area contributed by atoms with Crippen molar-refractivity contribution >= 4 is 35.4 Å². The Kier molecular flexibility index (Phi) is 22.3. The van der Waals surface area contributed by atoms with Crippen molar-refractivity contribution in [1.82, 2.24) is 38.3 Å². The van der Waals surface area contributed by atoms with Gasteiger partial charge in [-0.25, -0.2) is 19.4 Å². The van der Waals surface area contributed by atoms with Gasteiger partial charge < -0.3 is 77.8 Å². The second kappa shape index (κ2) is 33.3. The quantitative estimate of drug-likeness (QED) is 0.158. The zero-order valence-electron chi connectivity index (χ0n) is 59.8. The number of nitrogens with zero attached hydrogens (tertiary/aromatic N) is 10. The summed E-state index contributed by atoms with van der Waals surface area (Å²) in [5, 5.41) is 2.95. The summed E-state index contributed by atoms with van der Waals surface area (Å²) in [5.41, 5.74) is 9.07. The lowest BCUT2D eigenvalue weighted by Gasteiger charge is -2.47. The number of amides is 6. The second-order valence-corrected chi connectivity index (χ2v) is 26.9. The Labute approximate surface area is 628 Å². The van der Waals surface area contributed by atoms with Crippen molar-refractivity contribution in [2.45, 2.75) is 89.0 Å². The van der Waals surface area contributed by atoms with E-state index in [-0.39, 0.29) is 144 Å². The number of aromatic nitrogens is 4. The number of hydrogen-bond donors (Lipinski definition) is 2. The summed E-state index contributed by atoms with van der Waals surface area (Å²) in [6, 6.07) is 43.2. The molecule has 32 heteroatoms. The lowest BCUT2D eigenvalue weighted by Crippen LogP contribution is -2.68. The van der Waals surface area contributed by atoms with Gasteiger partial charge in [-0.15, -0.1) is 0 Å². The van der Waals surface area contributed by atoms with Gasteiger partial charge in [0.25, 0.3) is 35.4 Å². The molecule has 4 aromatic carbocycles. The van der Waals surface area contributed by atoms with E-state index in [9.17, 15) is 47.9 Å². The molecule has 0 bridgehead atoms. The summed E-state index contributed by atoms with van der Waals surface area (Å²) < 4.78 is 62.3. The van der Waals surface area contributed by atoms with Gasteiger partial charge >= 0.3 is 0 Å². The van der Waals surface area contributed by atoms with Gasteiger partial charge in [-0.2, -0.15) is 0 Å². The summed E-state index contributed by atoms with van der Waals surface area (Å²) >= 11 is 0. The third-order valence-electron chi connectivity index (χ3n) is 19.9. The highest BCUT2D eigenvalue weighted by molar-refractivity contribution is 6.02. The first-order chi connectivity index (χ1) is 53.8. The van der Waals surface area contributed by atoms with Gasteiger partial charge in [0.2, 0.25) is 21.7 Å². The van der Waals surface area contributed by atoms with Crippen molar-refractivity contribution in [1.29, 1.82) is 0 Å². The van der Waals surface area contributed by atoms with E-state index in [0.29, 0.717) is 91.9 Å². The van der Waals surface area contributed by atoms with Gasteiger partial charge in [0.1, 0.15) is 51.0 Å². The number of carbonyl (C=O) groups excluding carboxylic acids is 6. The van der Waals surface area contributed by atoms with Crippen molar-refractivity contribution in [3.05, 3.63) is 256 Å². The summed E-state index contributed by atoms with van der Waals surface area (Å²) in [6.07, 6.45) is 5.99. The third kappa shape index (κ3) is 15.3. The molecule has 0 aliphatic carbocycles. The number of carbonyl (C=O) groups is 6. The van der Waals surface area contributed by atoms with Gasteiger partial charge in [0, 0.05) is 88.4 Å². The number of pyridine rings is 4. The monoisotopic (exact) mass is 1500 g/mol. The Morgan fingerprint density at radius 2 is 0.655 bits per heavy atom. The molecule has 1 unspecified atom stereocenters. The number of fused-ring (bicyclic) bond motifs is 8. The highest BCUT2D eigenvalue weighted by Gasteiger charge is 2.49. The molecule has 110 heavy (non-hydrogen) atoms. The van der Waals surface area contributed by atoms with Crippen LogP contribution in [0.25, 0.3) is 0 Å². The smallest absolute Gasteiger partial charge is 0.278 e. The first-order valence-electron chi connectivity index (χ1n) is 36.4. The van der Waals surface area contributed by atoms with Gasteiger partial charge in [0.15, 0.2) is 58.1 Å². The zero-order chi connectivity index (χ0) is 75.8. The maximum absolute atomic E-state index is 13.4. The van der Waals surface area contributed by atoms with Crippen LogP contribution in [0.15, 0.2) is 190 Å². The van der Waals surface area contributed by atoms with Crippen LogP contribution in [0.2, 0.25) is 0 Å². The fourth-order valence-electron chi connectivity index (χ4n) is 14.4. The molecule has 18 rings (SSSR count). The Morgan fingerprint density at radius 3 is 0.982 bits per heavy atom. The van der Waals surface area contributed by atoms with E-state index in [1.54, 1.807) is 41.3 Å². The normalized spacial score (nSPS) is 21.2. The molecule has 6 fully saturated rings. The molecule has 32 nitrogen and oxygen atoms in total. The molecular weight excluding hydrogens is 1420 g/mol. The number of benzene rings is 4. The van der Waals surface area contributed by atoms with Crippen LogP contribution in [0.4, 0.5) is 0 Å². The van der Waals surface area contributed by atoms with Crippen LogP contribution < -0.4 is 61.5 Å². The standard InChI is InChI=1S/2C22H23N3O6.2C17H17N3O4/c2*26-16-8-9-24-19(20(16)31-13-15-5-2-1-3-6-15)22(28)23-10-12-29-14-18(23)25(24)21(27)17-7-4-11-30-17;2*21-13-6-7-20-15(16(13)24-10-12-4-2-1-3-5-12)17(22)19-8-9-23-11-14(19)18-20/h2*1-3,5-6,8-9,17-18H,4,7,10-14H2;2*1-7,14,18H,8-11H2/t17-,18+;17-,18-;14-;/m110./s1. The van der Waals surface area contributed by atoms with Crippen molar-refractivity contribution in [3.63, 3.8) is 0 Å². The topological polar surface area (TPSA) is 326 Å². The first-order valence-corrected chi connectivity index (χ1v) is 36.4. The molecule has 0 saturated carbocycles. The van der Waals surface area contributed by atoms with Crippen LogP contribution in [0.3, 0.4) is 0 Å². The minimum Gasteiger partial charge on any atom is -0.482 e. The Morgan fingerprint density at radius 1 is 0.355 bits per heavy atom. The molecular formula is C78H80N12O20.